The molecule has 1 aromatic carbocycles. The molecule has 2 aliphatic carbocycles. The van der Waals surface area contributed by atoms with Crippen LogP contribution < -0.4 is 5.73 Å². The number of nitrogens with zero attached hydrogens (tertiary/aromatic N) is 1. The summed E-state index contributed by atoms with van der Waals surface area (Å²) < 4.78 is 21.5. The lowest BCUT2D eigenvalue weighted by molar-refractivity contribution is 0.153. The minimum atomic E-state index is -4.50. The Hall–Kier alpha value is -1.50. The van der Waals surface area contributed by atoms with Gasteiger partial charge < -0.3 is 20.0 Å². The molecule has 0 saturated heterocycles. The summed E-state index contributed by atoms with van der Waals surface area (Å²) in [7, 11) is -4.50. The minimum absolute atomic E-state index is 0.123. The van der Waals surface area contributed by atoms with Crippen molar-refractivity contribution in [2.24, 2.45) is 5.73 Å². The van der Waals surface area contributed by atoms with Gasteiger partial charge in [-0.3, -0.25) is 4.52 Å². The first-order chi connectivity index (χ1) is 14.8. The molecule has 1 saturated carbocycles. The monoisotopic (exact) mass is 448 g/mol. The van der Waals surface area contributed by atoms with Crippen LogP contribution in [0.2, 0.25) is 0 Å². The van der Waals surface area contributed by atoms with Crippen molar-refractivity contribution in [2.75, 3.05) is 6.61 Å². The molecule has 1 aromatic heterocycles. The number of benzene rings is 1. The third-order valence-corrected chi connectivity index (χ3v) is 7.26. The fraction of sp³-hybridized carbons (Fsp3) is 0.609. The predicted molar refractivity (Wildman–Crippen MR) is 119 cm³/mol. The highest BCUT2D eigenvalue weighted by Crippen LogP contribution is 2.45. The average Bonchev–Trinajstić information content (AvgIpc) is 3.33. The highest BCUT2D eigenvalue weighted by Gasteiger charge is 2.38. The molecule has 1 fully saturated rings. The molecule has 2 unspecified atom stereocenters. The summed E-state index contributed by atoms with van der Waals surface area (Å²) in [5.41, 5.74) is 11.6. The summed E-state index contributed by atoms with van der Waals surface area (Å²) in [5, 5.41) is 4.41. The maximum absolute atomic E-state index is 11.0. The number of phosphoric ester groups is 1. The van der Waals surface area contributed by atoms with Crippen molar-refractivity contribution in [3.8, 4) is 11.3 Å². The van der Waals surface area contributed by atoms with Crippen LogP contribution in [-0.4, -0.2) is 27.1 Å². The number of aromatic nitrogens is 1. The number of nitrogens with two attached hydrogens (primary N) is 1. The maximum Gasteiger partial charge on any atom is 0.469 e. The minimum Gasteiger partial charge on any atom is -0.360 e. The van der Waals surface area contributed by atoms with Crippen LogP contribution in [0.5, 0.6) is 0 Å². The first-order valence-corrected chi connectivity index (χ1v) is 12.9. The summed E-state index contributed by atoms with van der Waals surface area (Å²) in [4.78, 5) is 18.0. The van der Waals surface area contributed by atoms with Crippen LogP contribution in [0.1, 0.15) is 80.2 Å². The number of hydrogen-bond acceptors (Lipinski definition) is 5. The number of hydrogen-bond donors (Lipinski definition) is 3. The van der Waals surface area contributed by atoms with Crippen molar-refractivity contribution in [2.45, 2.75) is 82.6 Å². The maximum atomic E-state index is 11.0. The molecule has 8 heteroatoms. The zero-order valence-electron chi connectivity index (χ0n) is 18.2. The van der Waals surface area contributed by atoms with Gasteiger partial charge in [0, 0.05) is 23.1 Å². The Morgan fingerprint density at radius 3 is 2.90 bits per heavy atom. The Morgan fingerprint density at radius 2 is 2.13 bits per heavy atom. The van der Waals surface area contributed by atoms with Crippen molar-refractivity contribution in [3.63, 3.8) is 0 Å². The lowest BCUT2D eigenvalue weighted by Gasteiger charge is -2.24. The van der Waals surface area contributed by atoms with Crippen LogP contribution >= 0.6 is 7.82 Å². The number of unbranched alkanes of at least 4 members (excludes halogenated alkanes) is 3. The Balaban J connectivity index is 1.45. The predicted octanol–water partition coefficient (Wildman–Crippen LogP) is 4.64. The quantitative estimate of drug-likeness (QED) is 0.378. The zero-order chi connectivity index (χ0) is 22.1. The van der Waals surface area contributed by atoms with Gasteiger partial charge in [-0.2, -0.15) is 0 Å². The smallest absolute Gasteiger partial charge is 0.360 e. The summed E-state index contributed by atoms with van der Waals surface area (Å²) in [6.45, 7) is 2.10. The van der Waals surface area contributed by atoms with Crippen LogP contribution in [0, 0.1) is 0 Å². The lowest BCUT2D eigenvalue weighted by atomic mass is 9.84. The van der Waals surface area contributed by atoms with Gasteiger partial charge in [0.25, 0.3) is 0 Å². The van der Waals surface area contributed by atoms with E-state index in [1.54, 1.807) is 0 Å². The molecule has 4 N–H and O–H groups in total. The van der Waals surface area contributed by atoms with E-state index in [4.69, 9.17) is 24.6 Å². The van der Waals surface area contributed by atoms with E-state index in [0.717, 1.165) is 49.1 Å². The topological polar surface area (TPSA) is 119 Å². The van der Waals surface area contributed by atoms with E-state index in [1.807, 2.05) is 0 Å². The van der Waals surface area contributed by atoms with Crippen LogP contribution in [0.4, 0.5) is 0 Å². The molecule has 0 aliphatic heterocycles. The van der Waals surface area contributed by atoms with Gasteiger partial charge in [0.15, 0.2) is 0 Å². The molecule has 0 spiro atoms. The van der Waals surface area contributed by atoms with Crippen LogP contribution in [-0.2, 0) is 28.4 Å². The Morgan fingerprint density at radius 1 is 1.29 bits per heavy atom. The fourth-order valence-electron chi connectivity index (χ4n) is 5.07. The molecular formula is C23H33N2O5P. The molecule has 0 bridgehead atoms. The highest BCUT2D eigenvalue weighted by molar-refractivity contribution is 7.46. The van der Waals surface area contributed by atoms with Gasteiger partial charge in [-0.15, -0.1) is 0 Å². The van der Waals surface area contributed by atoms with Crippen LogP contribution in [0.15, 0.2) is 22.7 Å². The number of fused-ring (bicyclic) bond motifs is 3. The molecule has 2 aliphatic rings. The molecule has 4 rings (SSSR count). The summed E-state index contributed by atoms with van der Waals surface area (Å²) in [6.07, 6.45) is 9.99. The first-order valence-electron chi connectivity index (χ1n) is 11.4. The molecule has 2 aromatic rings. The second-order valence-electron chi connectivity index (χ2n) is 9.23. The normalized spacial score (nSPS) is 23.0. The van der Waals surface area contributed by atoms with Crippen LogP contribution in [0.3, 0.4) is 0 Å². The Labute approximate surface area is 183 Å². The van der Waals surface area contributed by atoms with E-state index >= 15 is 0 Å². The van der Waals surface area contributed by atoms with Gasteiger partial charge in [-0.1, -0.05) is 49.5 Å². The standard InChI is InChI=1S/C23H33N2O5P/c1-2-3-4-5-6-21-20-10-8-17-13-16(7-9-19(17)22(20)25-30-21)18-11-12-23(24,14-18)15-29-31(26,27)28/h7,9,13,18H,2-6,8,10-12,14-15,24H2,1H3,(H2,26,27,28). The van der Waals surface area contributed by atoms with Gasteiger partial charge in [0.05, 0.1) is 6.61 Å². The first kappa shape index (κ1) is 22.7. The molecule has 2 atom stereocenters. The highest BCUT2D eigenvalue weighted by atomic mass is 31.2. The molecule has 0 amide bonds. The molecule has 170 valence electrons. The SMILES string of the molecule is CCCCCCc1onc2c1CCc1cc(C3CCC(N)(COP(=O)(O)O)C3)ccc1-2. The number of rotatable bonds is 9. The van der Waals surface area contributed by atoms with Gasteiger partial charge in [-0.05, 0) is 55.6 Å². The van der Waals surface area contributed by atoms with E-state index < -0.39 is 13.4 Å². The molecule has 31 heavy (non-hydrogen) atoms. The lowest BCUT2D eigenvalue weighted by Crippen LogP contribution is -2.41. The third kappa shape index (κ3) is 5.29. The van der Waals surface area contributed by atoms with Gasteiger partial charge >= 0.3 is 7.82 Å². The van der Waals surface area contributed by atoms with E-state index in [0.29, 0.717) is 12.8 Å². The van der Waals surface area contributed by atoms with E-state index in [2.05, 4.69) is 30.3 Å². The van der Waals surface area contributed by atoms with Crippen molar-refractivity contribution >= 4 is 7.82 Å². The molecular weight excluding hydrogens is 415 g/mol. The van der Waals surface area contributed by atoms with Crippen LogP contribution in [0.25, 0.3) is 11.3 Å². The zero-order valence-corrected chi connectivity index (χ0v) is 19.1. The summed E-state index contributed by atoms with van der Waals surface area (Å²) >= 11 is 0. The largest absolute Gasteiger partial charge is 0.469 e. The van der Waals surface area contributed by atoms with Gasteiger partial charge in [0.1, 0.15) is 11.5 Å². The average molecular weight is 449 g/mol. The van der Waals surface area contributed by atoms with Gasteiger partial charge in [-0.25, -0.2) is 4.57 Å². The molecule has 1 heterocycles. The Kier molecular flexibility index (Phi) is 6.71. The van der Waals surface area contributed by atoms with Crippen molar-refractivity contribution in [1.29, 1.82) is 0 Å². The second kappa shape index (κ2) is 9.16. The third-order valence-electron chi connectivity index (χ3n) is 6.79. The molecule has 7 nitrogen and oxygen atoms in total. The second-order valence-corrected chi connectivity index (χ2v) is 10.5. The fourth-order valence-corrected chi connectivity index (χ4v) is 5.50. The summed E-state index contributed by atoms with van der Waals surface area (Å²) in [6, 6.07) is 6.55. The molecule has 0 radical (unpaired) electrons. The van der Waals surface area contributed by atoms with E-state index in [-0.39, 0.29) is 12.5 Å². The number of aryl methyl sites for hydroxylation is 2. The van der Waals surface area contributed by atoms with E-state index in [1.165, 1.54) is 36.0 Å². The Bertz CT molecular complexity index is 969. The van der Waals surface area contributed by atoms with Crippen molar-refractivity contribution in [1.82, 2.24) is 5.16 Å². The van der Waals surface area contributed by atoms with Crippen molar-refractivity contribution < 1.29 is 23.4 Å². The number of phosphoric acid groups is 1. The summed E-state index contributed by atoms with van der Waals surface area (Å²) in [5.74, 6) is 1.32. The van der Waals surface area contributed by atoms with E-state index in [9.17, 15) is 4.57 Å². The van der Waals surface area contributed by atoms with Crippen molar-refractivity contribution in [3.05, 3.63) is 40.6 Å². The van der Waals surface area contributed by atoms with Gasteiger partial charge in [0.2, 0.25) is 0 Å².